The van der Waals surface area contributed by atoms with Gasteiger partial charge in [-0.1, -0.05) is 6.07 Å². The van der Waals surface area contributed by atoms with Crippen LogP contribution in [-0.4, -0.2) is 0 Å². The highest BCUT2D eigenvalue weighted by Gasteiger charge is 2.01. The summed E-state index contributed by atoms with van der Waals surface area (Å²) in [6.45, 7) is 1.64. The first-order chi connectivity index (χ1) is 4.75. The van der Waals surface area contributed by atoms with E-state index in [-0.39, 0.29) is 5.82 Å². The molecule has 0 saturated heterocycles. The van der Waals surface area contributed by atoms with Crippen LogP contribution in [0, 0.1) is 12.7 Å². The molecule has 1 aromatic carbocycles. The van der Waals surface area contributed by atoms with Crippen molar-refractivity contribution in [3.63, 3.8) is 0 Å². The fourth-order valence-electron chi connectivity index (χ4n) is 0.687. The van der Waals surface area contributed by atoms with Crippen molar-refractivity contribution < 1.29 is 8.57 Å². The second kappa shape index (κ2) is 2.92. The first-order valence-corrected chi connectivity index (χ1v) is 3.18. The molecule has 0 fully saturated rings. The zero-order valence-corrected chi connectivity index (χ0v) is 6.36. The number of hydrogen-bond donors (Lipinski definition) is 1. The van der Waals surface area contributed by atoms with Gasteiger partial charge in [0.2, 0.25) is 0 Å². The minimum Gasteiger partial charge on any atom is -0.429 e. The Morgan fingerprint density at radius 3 is 2.70 bits per heavy atom. The van der Waals surface area contributed by atoms with E-state index in [2.05, 4.69) is 17.1 Å². The van der Waals surface area contributed by atoms with Gasteiger partial charge in [-0.3, -0.25) is 0 Å². The van der Waals surface area contributed by atoms with Gasteiger partial charge in [0.1, 0.15) is 11.6 Å². The third-order valence-corrected chi connectivity index (χ3v) is 1.51. The Morgan fingerprint density at radius 1 is 1.50 bits per heavy atom. The maximum atomic E-state index is 12.7. The lowest BCUT2D eigenvalue weighted by molar-refractivity contribution is 0.591. The number of benzene rings is 1. The molecule has 1 aromatic rings. The van der Waals surface area contributed by atoms with E-state index in [0.717, 1.165) is 0 Å². The monoisotopic (exact) mass is 158 g/mol. The average molecular weight is 158 g/mol. The van der Waals surface area contributed by atoms with Crippen molar-refractivity contribution >= 4 is 12.9 Å². The molecule has 0 N–H and O–H groups in total. The van der Waals surface area contributed by atoms with Gasteiger partial charge in [0, 0.05) is 18.5 Å². The Balaban J connectivity index is 3.14. The van der Waals surface area contributed by atoms with Crippen LogP contribution in [0.3, 0.4) is 0 Å². The van der Waals surface area contributed by atoms with Crippen LogP contribution in [-0.2, 0) is 0 Å². The molecule has 0 aliphatic carbocycles. The maximum Gasteiger partial charge on any atom is 0.142 e. The average Bonchev–Trinajstić information content (AvgIpc) is 1.95. The zero-order chi connectivity index (χ0) is 7.56. The van der Waals surface area contributed by atoms with Gasteiger partial charge in [0.05, 0.1) is 0 Å². The van der Waals surface area contributed by atoms with Crippen molar-refractivity contribution in [2.24, 2.45) is 0 Å². The lowest BCUT2D eigenvalue weighted by atomic mass is 10.2. The van der Waals surface area contributed by atoms with Gasteiger partial charge < -0.3 is 4.18 Å². The first kappa shape index (κ1) is 7.41. The largest absolute Gasteiger partial charge is 0.429 e. The predicted octanol–water partition coefficient (Wildman–Crippen LogP) is 2.36. The van der Waals surface area contributed by atoms with Crippen molar-refractivity contribution in [3.05, 3.63) is 29.6 Å². The van der Waals surface area contributed by atoms with Crippen molar-refractivity contribution in [3.8, 4) is 5.75 Å². The molecule has 0 bridgehead atoms. The molecule has 0 heterocycles. The van der Waals surface area contributed by atoms with Crippen LogP contribution in [0.25, 0.3) is 0 Å². The van der Waals surface area contributed by atoms with E-state index in [4.69, 9.17) is 0 Å². The van der Waals surface area contributed by atoms with Gasteiger partial charge in [0.25, 0.3) is 0 Å². The predicted molar refractivity (Wildman–Crippen MR) is 40.8 cm³/mol. The molecule has 54 valence electrons. The first-order valence-electron chi connectivity index (χ1n) is 2.82. The fraction of sp³-hybridized carbons (Fsp3) is 0.143. The summed E-state index contributed by atoms with van der Waals surface area (Å²) in [4.78, 5) is 0. The number of hydrogen-bond acceptors (Lipinski definition) is 2. The van der Waals surface area contributed by atoms with Gasteiger partial charge in [0.15, 0.2) is 0 Å². The molecule has 0 aromatic heterocycles. The fourth-order valence-corrected chi connectivity index (χ4v) is 0.884. The van der Waals surface area contributed by atoms with Gasteiger partial charge in [-0.05, 0) is 19.1 Å². The Bertz CT molecular complexity index is 237. The van der Waals surface area contributed by atoms with E-state index in [9.17, 15) is 4.39 Å². The number of rotatable bonds is 1. The normalized spacial score (nSPS) is 9.50. The molecule has 1 nitrogen and oxygen atoms in total. The third kappa shape index (κ3) is 1.24. The minimum absolute atomic E-state index is 0.272. The third-order valence-electron chi connectivity index (χ3n) is 1.32. The molecule has 0 amide bonds. The maximum absolute atomic E-state index is 12.7. The van der Waals surface area contributed by atoms with Gasteiger partial charge in [-0.15, -0.1) is 0 Å². The number of thiol groups is 1. The molecular formula is C7H7FOS. The summed E-state index contributed by atoms with van der Waals surface area (Å²) >= 11 is 3.56. The molecule has 0 atom stereocenters. The topological polar surface area (TPSA) is 9.23 Å². The van der Waals surface area contributed by atoms with E-state index < -0.39 is 0 Å². The lowest BCUT2D eigenvalue weighted by Gasteiger charge is -2.01. The number of halogens is 1. The minimum atomic E-state index is -0.272. The van der Waals surface area contributed by atoms with Crippen LogP contribution < -0.4 is 4.18 Å². The zero-order valence-electron chi connectivity index (χ0n) is 5.47. The van der Waals surface area contributed by atoms with E-state index in [1.807, 2.05) is 0 Å². The smallest absolute Gasteiger partial charge is 0.142 e. The molecule has 0 unspecified atom stereocenters. The second-order valence-electron chi connectivity index (χ2n) is 1.95. The van der Waals surface area contributed by atoms with Gasteiger partial charge in [-0.2, -0.15) is 0 Å². The van der Waals surface area contributed by atoms with Crippen LogP contribution in [0.1, 0.15) is 5.56 Å². The molecule has 1 rings (SSSR count). The van der Waals surface area contributed by atoms with Crippen molar-refractivity contribution in [1.82, 2.24) is 0 Å². The van der Waals surface area contributed by atoms with Crippen LogP contribution in [0.5, 0.6) is 5.75 Å². The quantitative estimate of drug-likeness (QED) is 0.487. The van der Waals surface area contributed by atoms with E-state index in [1.165, 1.54) is 6.07 Å². The summed E-state index contributed by atoms with van der Waals surface area (Å²) in [6.07, 6.45) is 0. The van der Waals surface area contributed by atoms with Crippen molar-refractivity contribution in [2.45, 2.75) is 6.92 Å². The highest BCUT2D eigenvalue weighted by molar-refractivity contribution is 7.75. The molecule has 0 saturated carbocycles. The van der Waals surface area contributed by atoms with E-state index in [0.29, 0.717) is 11.3 Å². The Labute approximate surface area is 64.4 Å². The van der Waals surface area contributed by atoms with E-state index in [1.54, 1.807) is 19.1 Å². The summed E-state index contributed by atoms with van der Waals surface area (Å²) < 4.78 is 17.2. The summed E-state index contributed by atoms with van der Waals surface area (Å²) in [6, 6.07) is 4.62. The summed E-state index contributed by atoms with van der Waals surface area (Å²) in [5.41, 5.74) is 0.484. The van der Waals surface area contributed by atoms with Crippen LogP contribution in [0.15, 0.2) is 18.2 Å². The summed E-state index contributed by atoms with van der Waals surface area (Å²) in [5, 5.41) is 0. The molecule has 3 heteroatoms. The molecule has 0 aliphatic rings. The van der Waals surface area contributed by atoms with Crippen LogP contribution >= 0.6 is 12.9 Å². The van der Waals surface area contributed by atoms with Crippen LogP contribution in [0.4, 0.5) is 4.39 Å². The van der Waals surface area contributed by atoms with Crippen LogP contribution in [0.2, 0.25) is 0 Å². The Morgan fingerprint density at radius 2 is 2.20 bits per heavy atom. The van der Waals surface area contributed by atoms with Crippen molar-refractivity contribution in [1.29, 1.82) is 0 Å². The van der Waals surface area contributed by atoms with Gasteiger partial charge >= 0.3 is 0 Å². The Kier molecular flexibility index (Phi) is 2.17. The van der Waals surface area contributed by atoms with Gasteiger partial charge in [-0.25, -0.2) is 4.39 Å². The Hall–Kier alpha value is -0.700. The lowest BCUT2D eigenvalue weighted by Crippen LogP contribution is -1.84. The highest BCUT2D eigenvalue weighted by atomic mass is 32.1. The molecule has 0 radical (unpaired) electrons. The summed E-state index contributed by atoms with van der Waals surface area (Å²) in [5.74, 6) is 0.190. The second-order valence-corrected chi connectivity index (χ2v) is 2.14. The standard InChI is InChI=1S/C7H7FOS/c1-5-6(8)3-2-4-7(5)9-10/h2-4,10H,1H3. The molecule has 0 aliphatic heterocycles. The molecule has 0 spiro atoms. The molecular weight excluding hydrogens is 151 g/mol. The SMILES string of the molecule is Cc1c(F)cccc1OS. The highest BCUT2D eigenvalue weighted by Crippen LogP contribution is 2.20. The van der Waals surface area contributed by atoms with Crippen molar-refractivity contribution in [2.75, 3.05) is 0 Å². The summed E-state index contributed by atoms with van der Waals surface area (Å²) in [7, 11) is 0. The molecule has 10 heavy (non-hydrogen) atoms. The van der Waals surface area contributed by atoms with E-state index >= 15 is 0 Å².